The SMILES string of the molecule is CCn1cc(CNC(=O)C(C)Cn2nc(C)c([N+](=O)[O-])c2C)cn1. The van der Waals surface area contributed by atoms with E-state index in [-0.39, 0.29) is 17.5 Å². The largest absolute Gasteiger partial charge is 0.352 e. The maximum Gasteiger partial charge on any atom is 0.312 e. The van der Waals surface area contributed by atoms with E-state index in [9.17, 15) is 14.9 Å². The number of amides is 1. The Balaban J connectivity index is 1.96. The van der Waals surface area contributed by atoms with Crippen LogP contribution in [0.3, 0.4) is 0 Å². The minimum Gasteiger partial charge on any atom is -0.352 e. The third-order valence-corrected chi connectivity index (χ3v) is 3.90. The predicted molar refractivity (Wildman–Crippen MR) is 87.3 cm³/mol. The van der Waals surface area contributed by atoms with Crippen LogP contribution >= 0.6 is 0 Å². The van der Waals surface area contributed by atoms with Crippen molar-refractivity contribution < 1.29 is 9.72 Å². The van der Waals surface area contributed by atoms with Crippen LogP contribution in [0, 0.1) is 29.9 Å². The summed E-state index contributed by atoms with van der Waals surface area (Å²) in [6, 6.07) is 0. The van der Waals surface area contributed by atoms with Gasteiger partial charge in [0.15, 0.2) is 0 Å². The molecule has 1 unspecified atom stereocenters. The molecule has 1 N–H and O–H groups in total. The van der Waals surface area contributed by atoms with Crippen molar-refractivity contribution in [3.8, 4) is 0 Å². The molecule has 0 bridgehead atoms. The first-order chi connectivity index (χ1) is 11.3. The molecule has 2 aromatic rings. The Labute approximate surface area is 139 Å². The monoisotopic (exact) mass is 334 g/mol. The highest BCUT2D eigenvalue weighted by Gasteiger charge is 2.24. The van der Waals surface area contributed by atoms with Gasteiger partial charge in [-0.2, -0.15) is 10.2 Å². The van der Waals surface area contributed by atoms with E-state index in [1.165, 1.54) is 4.68 Å². The lowest BCUT2D eigenvalue weighted by Crippen LogP contribution is -2.31. The smallest absolute Gasteiger partial charge is 0.312 e. The fraction of sp³-hybridized carbons (Fsp3) is 0.533. The van der Waals surface area contributed by atoms with Crippen molar-refractivity contribution in [2.75, 3.05) is 0 Å². The molecule has 0 aliphatic rings. The zero-order valence-corrected chi connectivity index (χ0v) is 14.3. The first-order valence-electron chi connectivity index (χ1n) is 7.80. The molecule has 0 spiro atoms. The van der Waals surface area contributed by atoms with Crippen LogP contribution in [0.5, 0.6) is 0 Å². The van der Waals surface area contributed by atoms with Gasteiger partial charge >= 0.3 is 5.69 Å². The van der Waals surface area contributed by atoms with Crippen LogP contribution in [0.1, 0.15) is 30.8 Å². The van der Waals surface area contributed by atoms with Gasteiger partial charge in [0, 0.05) is 24.8 Å². The molecule has 130 valence electrons. The lowest BCUT2D eigenvalue weighted by Gasteiger charge is -2.12. The highest BCUT2D eigenvalue weighted by atomic mass is 16.6. The van der Waals surface area contributed by atoms with E-state index in [0.29, 0.717) is 24.5 Å². The summed E-state index contributed by atoms with van der Waals surface area (Å²) in [5.74, 6) is -0.488. The van der Waals surface area contributed by atoms with Gasteiger partial charge in [-0.3, -0.25) is 24.3 Å². The number of carbonyl (C=O) groups excluding carboxylic acids is 1. The summed E-state index contributed by atoms with van der Waals surface area (Å²) < 4.78 is 3.31. The second kappa shape index (κ2) is 7.24. The molecule has 24 heavy (non-hydrogen) atoms. The average molecular weight is 334 g/mol. The highest BCUT2D eigenvalue weighted by Crippen LogP contribution is 2.22. The number of aryl methyl sites for hydroxylation is 2. The fourth-order valence-corrected chi connectivity index (χ4v) is 2.51. The first-order valence-corrected chi connectivity index (χ1v) is 7.80. The van der Waals surface area contributed by atoms with Crippen molar-refractivity contribution in [1.29, 1.82) is 0 Å². The molecule has 9 nitrogen and oxygen atoms in total. The molecule has 0 saturated heterocycles. The van der Waals surface area contributed by atoms with Crippen molar-refractivity contribution in [1.82, 2.24) is 24.9 Å². The Morgan fingerprint density at radius 1 is 1.46 bits per heavy atom. The van der Waals surface area contributed by atoms with Gasteiger partial charge in [-0.15, -0.1) is 0 Å². The summed E-state index contributed by atoms with van der Waals surface area (Å²) in [7, 11) is 0. The maximum atomic E-state index is 12.2. The van der Waals surface area contributed by atoms with Crippen LogP contribution in [0.2, 0.25) is 0 Å². The van der Waals surface area contributed by atoms with E-state index >= 15 is 0 Å². The number of hydrogen-bond acceptors (Lipinski definition) is 5. The van der Waals surface area contributed by atoms with E-state index in [0.717, 1.165) is 12.1 Å². The number of hydrogen-bond donors (Lipinski definition) is 1. The second-order valence-corrected chi connectivity index (χ2v) is 5.78. The zero-order chi connectivity index (χ0) is 17.9. The van der Waals surface area contributed by atoms with Crippen LogP contribution in [0.25, 0.3) is 0 Å². The molecule has 0 aliphatic carbocycles. The van der Waals surface area contributed by atoms with Crippen LogP contribution in [0.4, 0.5) is 5.69 Å². The van der Waals surface area contributed by atoms with E-state index in [1.54, 1.807) is 31.6 Å². The number of nitrogens with zero attached hydrogens (tertiary/aromatic N) is 5. The lowest BCUT2D eigenvalue weighted by atomic mass is 10.1. The molecular weight excluding hydrogens is 312 g/mol. The standard InChI is InChI=1S/C15H22N6O3/c1-5-19-9-13(7-17-19)6-16-15(22)10(2)8-20-12(4)14(21(23)24)11(3)18-20/h7,9-10H,5-6,8H2,1-4H3,(H,16,22). The quantitative estimate of drug-likeness (QED) is 0.611. The van der Waals surface area contributed by atoms with E-state index in [2.05, 4.69) is 15.5 Å². The molecule has 0 aliphatic heterocycles. The third-order valence-electron chi connectivity index (χ3n) is 3.90. The van der Waals surface area contributed by atoms with E-state index < -0.39 is 4.92 Å². The molecule has 9 heteroatoms. The van der Waals surface area contributed by atoms with Gasteiger partial charge in [-0.05, 0) is 20.8 Å². The zero-order valence-electron chi connectivity index (χ0n) is 14.3. The van der Waals surface area contributed by atoms with Gasteiger partial charge in [0.1, 0.15) is 11.4 Å². The third kappa shape index (κ3) is 3.79. The average Bonchev–Trinajstić information content (AvgIpc) is 3.09. The Bertz CT molecular complexity index is 748. The van der Waals surface area contributed by atoms with E-state index in [4.69, 9.17) is 0 Å². The molecule has 0 saturated carbocycles. The Kier molecular flexibility index (Phi) is 5.32. The molecular formula is C15H22N6O3. The number of nitrogens with one attached hydrogen (secondary N) is 1. The van der Waals surface area contributed by atoms with Gasteiger partial charge in [-0.25, -0.2) is 0 Å². The number of nitro groups is 1. The first kappa shape index (κ1) is 17.6. The van der Waals surface area contributed by atoms with Crippen molar-refractivity contribution in [3.05, 3.63) is 39.5 Å². The summed E-state index contributed by atoms with van der Waals surface area (Å²) in [5.41, 5.74) is 1.76. The van der Waals surface area contributed by atoms with Gasteiger partial charge < -0.3 is 5.32 Å². The summed E-state index contributed by atoms with van der Waals surface area (Å²) in [6.07, 6.45) is 3.61. The molecule has 0 aromatic carbocycles. The maximum absolute atomic E-state index is 12.2. The molecule has 2 rings (SSSR count). The summed E-state index contributed by atoms with van der Waals surface area (Å²) in [6.45, 7) is 8.47. The van der Waals surface area contributed by atoms with Crippen molar-refractivity contribution in [2.24, 2.45) is 5.92 Å². The second-order valence-electron chi connectivity index (χ2n) is 5.78. The van der Waals surface area contributed by atoms with Crippen LogP contribution in [0.15, 0.2) is 12.4 Å². The fourth-order valence-electron chi connectivity index (χ4n) is 2.51. The minimum absolute atomic E-state index is 0.00888. The molecule has 2 heterocycles. The normalized spacial score (nSPS) is 12.2. The van der Waals surface area contributed by atoms with Crippen LogP contribution in [-0.2, 0) is 24.4 Å². The number of aromatic nitrogens is 4. The van der Waals surface area contributed by atoms with Gasteiger partial charge in [0.25, 0.3) is 0 Å². The topological polar surface area (TPSA) is 108 Å². The van der Waals surface area contributed by atoms with Gasteiger partial charge in [0.05, 0.1) is 23.6 Å². The van der Waals surface area contributed by atoms with Gasteiger partial charge in [0.2, 0.25) is 5.91 Å². The van der Waals surface area contributed by atoms with Gasteiger partial charge in [-0.1, -0.05) is 6.92 Å². The summed E-state index contributed by atoms with van der Waals surface area (Å²) >= 11 is 0. The molecule has 0 radical (unpaired) electrons. The minimum atomic E-state index is -0.440. The Morgan fingerprint density at radius 2 is 2.17 bits per heavy atom. The number of carbonyl (C=O) groups is 1. The Morgan fingerprint density at radius 3 is 2.71 bits per heavy atom. The summed E-state index contributed by atoms with van der Waals surface area (Å²) in [5, 5.41) is 22.2. The summed E-state index contributed by atoms with van der Waals surface area (Å²) in [4.78, 5) is 22.8. The molecule has 2 aromatic heterocycles. The molecule has 1 amide bonds. The van der Waals surface area contributed by atoms with Crippen LogP contribution in [-0.4, -0.2) is 30.4 Å². The number of rotatable bonds is 7. The molecule has 0 fully saturated rings. The van der Waals surface area contributed by atoms with Crippen LogP contribution < -0.4 is 5.32 Å². The highest BCUT2D eigenvalue weighted by molar-refractivity contribution is 5.78. The molecule has 1 atom stereocenters. The predicted octanol–water partition coefficient (Wildman–Crippen LogP) is 1.58. The van der Waals surface area contributed by atoms with Crippen molar-refractivity contribution in [3.63, 3.8) is 0 Å². The Hall–Kier alpha value is -2.71. The lowest BCUT2D eigenvalue weighted by molar-refractivity contribution is -0.386. The van der Waals surface area contributed by atoms with Crippen molar-refractivity contribution >= 4 is 11.6 Å². The van der Waals surface area contributed by atoms with E-state index in [1.807, 2.05) is 13.1 Å². The van der Waals surface area contributed by atoms with Crippen molar-refractivity contribution in [2.45, 2.75) is 47.3 Å².